The van der Waals surface area contributed by atoms with Crippen molar-refractivity contribution in [1.29, 1.82) is 0 Å². The first-order valence-electron chi connectivity index (χ1n) is 7.05. The number of hydrogen-bond acceptors (Lipinski definition) is 3. The normalized spacial score (nSPS) is 22.8. The Morgan fingerprint density at radius 3 is 2.37 bits per heavy atom. The zero-order valence-corrected chi connectivity index (χ0v) is 12.6. The van der Waals surface area contributed by atoms with Gasteiger partial charge in [-0.3, -0.25) is 0 Å². The van der Waals surface area contributed by atoms with Crippen molar-refractivity contribution in [3.8, 4) is 11.5 Å². The summed E-state index contributed by atoms with van der Waals surface area (Å²) in [7, 11) is 3.39. The van der Waals surface area contributed by atoms with E-state index in [1.54, 1.807) is 14.2 Å². The molecule has 106 valence electrons. The molecular formula is C16H25NO2. The van der Waals surface area contributed by atoms with Crippen LogP contribution in [0.1, 0.15) is 37.9 Å². The summed E-state index contributed by atoms with van der Waals surface area (Å²) in [6, 6.07) is 4.68. The SMILES string of the molecule is COc1cc2c(cc1OC)C(C(C)C)NCC(C)C2. The minimum Gasteiger partial charge on any atom is -0.493 e. The van der Waals surface area contributed by atoms with Crippen molar-refractivity contribution in [2.24, 2.45) is 11.8 Å². The fourth-order valence-corrected chi connectivity index (χ4v) is 2.88. The number of nitrogens with one attached hydrogen (secondary N) is 1. The predicted molar refractivity (Wildman–Crippen MR) is 78.0 cm³/mol. The first kappa shape index (κ1) is 14.2. The van der Waals surface area contributed by atoms with E-state index < -0.39 is 0 Å². The zero-order valence-electron chi connectivity index (χ0n) is 12.6. The second-order valence-corrected chi connectivity index (χ2v) is 5.85. The lowest BCUT2D eigenvalue weighted by Gasteiger charge is -2.24. The monoisotopic (exact) mass is 263 g/mol. The third kappa shape index (κ3) is 2.86. The number of ether oxygens (including phenoxy) is 2. The van der Waals surface area contributed by atoms with E-state index in [1.807, 2.05) is 0 Å². The molecule has 2 atom stereocenters. The Labute approximate surface area is 116 Å². The molecule has 0 aromatic heterocycles. The lowest BCUT2D eigenvalue weighted by molar-refractivity contribution is 0.352. The van der Waals surface area contributed by atoms with Crippen LogP contribution in [-0.4, -0.2) is 20.8 Å². The van der Waals surface area contributed by atoms with Gasteiger partial charge < -0.3 is 14.8 Å². The van der Waals surface area contributed by atoms with Gasteiger partial charge in [-0.05, 0) is 48.1 Å². The quantitative estimate of drug-likeness (QED) is 0.908. The van der Waals surface area contributed by atoms with E-state index >= 15 is 0 Å². The lowest BCUT2D eigenvalue weighted by atomic mass is 9.90. The maximum absolute atomic E-state index is 5.45. The second-order valence-electron chi connectivity index (χ2n) is 5.85. The number of methoxy groups -OCH3 is 2. The van der Waals surface area contributed by atoms with Gasteiger partial charge in [-0.2, -0.15) is 0 Å². The molecule has 0 saturated carbocycles. The van der Waals surface area contributed by atoms with E-state index in [-0.39, 0.29) is 0 Å². The Morgan fingerprint density at radius 2 is 1.79 bits per heavy atom. The predicted octanol–water partition coefficient (Wildman–Crippen LogP) is 3.18. The highest BCUT2D eigenvalue weighted by molar-refractivity contribution is 5.49. The molecule has 19 heavy (non-hydrogen) atoms. The number of hydrogen-bond donors (Lipinski definition) is 1. The van der Waals surface area contributed by atoms with Crippen LogP contribution in [0.2, 0.25) is 0 Å². The zero-order chi connectivity index (χ0) is 14.0. The summed E-state index contributed by atoms with van der Waals surface area (Å²) in [6.45, 7) is 7.86. The van der Waals surface area contributed by atoms with Crippen LogP contribution in [0.4, 0.5) is 0 Å². The van der Waals surface area contributed by atoms with Crippen LogP contribution in [-0.2, 0) is 6.42 Å². The number of rotatable bonds is 3. The molecule has 3 nitrogen and oxygen atoms in total. The molecule has 1 N–H and O–H groups in total. The molecule has 0 spiro atoms. The molecule has 0 aliphatic carbocycles. The Bertz CT molecular complexity index is 443. The number of benzene rings is 1. The van der Waals surface area contributed by atoms with Gasteiger partial charge in [-0.15, -0.1) is 0 Å². The van der Waals surface area contributed by atoms with Crippen molar-refractivity contribution in [3.63, 3.8) is 0 Å². The topological polar surface area (TPSA) is 30.5 Å². The highest BCUT2D eigenvalue weighted by Crippen LogP contribution is 2.37. The van der Waals surface area contributed by atoms with E-state index in [2.05, 4.69) is 38.2 Å². The lowest BCUT2D eigenvalue weighted by Crippen LogP contribution is -2.27. The van der Waals surface area contributed by atoms with Gasteiger partial charge in [-0.25, -0.2) is 0 Å². The summed E-state index contributed by atoms with van der Waals surface area (Å²) in [5, 5.41) is 3.68. The smallest absolute Gasteiger partial charge is 0.161 e. The summed E-state index contributed by atoms with van der Waals surface area (Å²) in [5.74, 6) is 2.85. The molecule has 2 rings (SSSR count). The molecule has 1 aliphatic heterocycles. The van der Waals surface area contributed by atoms with Gasteiger partial charge >= 0.3 is 0 Å². The van der Waals surface area contributed by atoms with Gasteiger partial charge in [0.2, 0.25) is 0 Å². The van der Waals surface area contributed by atoms with Gasteiger partial charge in [0.15, 0.2) is 11.5 Å². The van der Waals surface area contributed by atoms with E-state index in [4.69, 9.17) is 9.47 Å². The van der Waals surface area contributed by atoms with Crippen LogP contribution in [0.25, 0.3) is 0 Å². The van der Waals surface area contributed by atoms with Crippen molar-refractivity contribution in [3.05, 3.63) is 23.3 Å². The van der Waals surface area contributed by atoms with Gasteiger partial charge in [0, 0.05) is 6.04 Å². The van der Waals surface area contributed by atoms with Crippen LogP contribution >= 0.6 is 0 Å². The van der Waals surface area contributed by atoms with Gasteiger partial charge in [0.05, 0.1) is 14.2 Å². The molecule has 1 aliphatic rings. The largest absolute Gasteiger partial charge is 0.493 e. The molecule has 1 aromatic rings. The van der Waals surface area contributed by atoms with Gasteiger partial charge in [0.1, 0.15) is 0 Å². The highest BCUT2D eigenvalue weighted by atomic mass is 16.5. The summed E-state index contributed by atoms with van der Waals surface area (Å²) in [4.78, 5) is 0. The molecule has 0 amide bonds. The van der Waals surface area contributed by atoms with E-state index in [1.165, 1.54) is 11.1 Å². The molecule has 0 saturated heterocycles. The number of fused-ring (bicyclic) bond motifs is 1. The van der Waals surface area contributed by atoms with Crippen molar-refractivity contribution in [2.75, 3.05) is 20.8 Å². The van der Waals surface area contributed by atoms with Crippen molar-refractivity contribution < 1.29 is 9.47 Å². The minimum atomic E-state index is 0.389. The molecule has 0 fully saturated rings. The Kier molecular flexibility index (Phi) is 4.35. The summed E-state index contributed by atoms with van der Waals surface area (Å²) >= 11 is 0. The first-order valence-corrected chi connectivity index (χ1v) is 7.05. The van der Waals surface area contributed by atoms with Crippen molar-refractivity contribution in [2.45, 2.75) is 33.2 Å². The Morgan fingerprint density at radius 1 is 1.16 bits per heavy atom. The van der Waals surface area contributed by atoms with Crippen molar-refractivity contribution >= 4 is 0 Å². The van der Waals surface area contributed by atoms with E-state index in [0.717, 1.165) is 24.5 Å². The maximum atomic E-state index is 5.45. The third-order valence-electron chi connectivity index (χ3n) is 3.90. The van der Waals surface area contributed by atoms with Crippen LogP contribution in [0.15, 0.2) is 12.1 Å². The van der Waals surface area contributed by atoms with Crippen LogP contribution in [0.3, 0.4) is 0 Å². The molecule has 1 heterocycles. The van der Waals surface area contributed by atoms with Crippen LogP contribution < -0.4 is 14.8 Å². The Hall–Kier alpha value is -1.22. The minimum absolute atomic E-state index is 0.389. The van der Waals surface area contributed by atoms with E-state index in [0.29, 0.717) is 17.9 Å². The molecule has 3 heteroatoms. The average molecular weight is 263 g/mol. The summed E-state index contributed by atoms with van der Waals surface area (Å²) < 4.78 is 10.9. The Balaban J connectivity index is 2.51. The fraction of sp³-hybridized carbons (Fsp3) is 0.625. The average Bonchev–Trinajstić information content (AvgIpc) is 2.54. The van der Waals surface area contributed by atoms with E-state index in [9.17, 15) is 0 Å². The van der Waals surface area contributed by atoms with Crippen LogP contribution in [0, 0.1) is 11.8 Å². The molecule has 0 bridgehead atoms. The first-order chi connectivity index (χ1) is 9.06. The standard InChI is InChI=1S/C16H25NO2/c1-10(2)16-13-8-15(19-5)14(18-4)7-12(13)6-11(3)9-17-16/h7-8,10-11,16-17H,6,9H2,1-5H3. The van der Waals surface area contributed by atoms with Crippen molar-refractivity contribution in [1.82, 2.24) is 5.32 Å². The third-order valence-corrected chi connectivity index (χ3v) is 3.90. The van der Waals surface area contributed by atoms with Gasteiger partial charge in [-0.1, -0.05) is 20.8 Å². The summed E-state index contributed by atoms with van der Waals surface area (Å²) in [5.41, 5.74) is 2.74. The second kappa shape index (κ2) is 5.83. The molecular weight excluding hydrogens is 238 g/mol. The fourth-order valence-electron chi connectivity index (χ4n) is 2.88. The molecule has 2 unspecified atom stereocenters. The molecule has 1 aromatic carbocycles. The summed E-state index contributed by atoms with van der Waals surface area (Å²) in [6.07, 6.45) is 1.09. The molecule has 0 radical (unpaired) electrons. The maximum Gasteiger partial charge on any atom is 0.161 e. The van der Waals surface area contributed by atoms with Gasteiger partial charge in [0.25, 0.3) is 0 Å². The highest BCUT2D eigenvalue weighted by Gasteiger charge is 2.25. The van der Waals surface area contributed by atoms with Crippen LogP contribution in [0.5, 0.6) is 11.5 Å².